The molecule has 0 radical (unpaired) electrons. The number of amides is 1. The van der Waals surface area contributed by atoms with E-state index in [4.69, 9.17) is 25.8 Å². The number of hydrogen-bond donors (Lipinski definition) is 1. The third-order valence-corrected chi connectivity index (χ3v) is 6.33. The van der Waals surface area contributed by atoms with Gasteiger partial charge in [0.15, 0.2) is 0 Å². The van der Waals surface area contributed by atoms with Crippen LogP contribution < -0.4 is 19.1 Å². The van der Waals surface area contributed by atoms with Crippen LogP contribution in [0.4, 0.5) is 18.9 Å². The maximum Gasteiger partial charge on any atom is 0.416 e. The van der Waals surface area contributed by atoms with E-state index in [1.54, 1.807) is 18.2 Å². The Morgan fingerprint density at radius 2 is 1.61 bits per heavy atom. The van der Waals surface area contributed by atoms with E-state index in [1.165, 1.54) is 45.6 Å². The molecule has 7 nitrogen and oxygen atoms in total. The van der Waals surface area contributed by atoms with Gasteiger partial charge in [0, 0.05) is 11.8 Å². The fraction of sp³-hybridized carbons (Fsp3) is 0.185. The number of ketones is 1. The van der Waals surface area contributed by atoms with Crippen LogP contribution in [0.15, 0.2) is 66.2 Å². The molecule has 0 aromatic heterocycles. The summed E-state index contributed by atoms with van der Waals surface area (Å²) in [6.45, 7) is 0. The molecular weight excluding hydrogens is 527 g/mol. The molecule has 3 aromatic rings. The number of alkyl halides is 3. The molecule has 11 heteroatoms. The zero-order valence-electron chi connectivity index (χ0n) is 20.3. The summed E-state index contributed by atoms with van der Waals surface area (Å²) >= 11 is 6.17. The molecule has 4 rings (SSSR count). The number of aliphatic hydroxyl groups is 1. The number of aliphatic hydroxyl groups excluding tert-OH is 1. The molecular formula is C27H21ClF3NO6. The van der Waals surface area contributed by atoms with Crippen LogP contribution in [0.5, 0.6) is 17.2 Å². The second-order valence-corrected chi connectivity index (χ2v) is 8.59. The third-order valence-electron chi connectivity index (χ3n) is 6.03. The van der Waals surface area contributed by atoms with Crippen molar-refractivity contribution in [3.63, 3.8) is 0 Å². The summed E-state index contributed by atoms with van der Waals surface area (Å²) in [7, 11) is 4.07. The van der Waals surface area contributed by atoms with Crippen molar-refractivity contribution in [3.8, 4) is 17.2 Å². The summed E-state index contributed by atoms with van der Waals surface area (Å²) < 4.78 is 56.3. The lowest BCUT2D eigenvalue weighted by Crippen LogP contribution is -2.29. The average Bonchev–Trinajstić information content (AvgIpc) is 3.17. The highest BCUT2D eigenvalue weighted by molar-refractivity contribution is 6.51. The van der Waals surface area contributed by atoms with Gasteiger partial charge in [-0.05, 0) is 42.0 Å². The first-order valence-electron chi connectivity index (χ1n) is 11.1. The Hall–Kier alpha value is -4.18. The van der Waals surface area contributed by atoms with Crippen molar-refractivity contribution in [1.29, 1.82) is 0 Å². The van der Waals surface area contributed by atoms with Crippen LogP contribution in [0.1, 0.15) is 22.7 Å². The molecule has 0 aliphatic carbocycles. The third kappa shape index (κ3) is 4.74. The molecule has 1 heterocycles. The van der Waals surface area contributed by atoms with Gasteiger partial charge in [-0.25, -0.2) is 0 Å². The summed E-state index contributed by atoms with van der Waals surface area (Å²) in [6.07, 6.45) is -4.69. The summed E-state index contributed by atoms with van der Waals surface area (Å²) in [4.78, 5) is 27.6. The number of carbonyl (C=O) groups excluding carboxylic acids is 2. The van der Waals surface area contributed by atoms with E-state index in [0.29, 0.717) is 11.3 Å². The second kappa shape index (κ2) is 10.3. The van der Waals surface area contributed by atoms with E-state index in [1.807, 2.05) is 0 Å². The number of Topliss-reactive ketones (excluding diaryl/α,β-unsaturated/α-hetero) is 1. The van der Waals surface area contributed by atoms with Gasteiger partial charge in [-0.1, -0.05) is 29.8 Å². The molecule has 1 fully saturated rings. The summed E-state index contributed by atoms with van der Waals surface area (Å²) in [6, 6.07) is 11.7. The monoisotopic (exact) mass is 547 g/mol. The summed E-state index contributed by atoms with van der Waals surface area (Å²) in [5.41, 5.74) is -1.27. The molecule has 1 atom stereocenters. The first-order chi connectivity index (χ1) is 18.0. The predicted molar refractivity (Wildman–Crippen MR) is 134 cm³/mol. The van der Waals surface area contributed by atoms with Gasteiger partial charge in [0.05, 0.1) is 49.1 Å². The molecule has 3 aromatic carbocycles. The topological polar surface area (TPSA) is 85.3 Å². The Morgan fingerprint density at radius 1 is 0.921 bits per heavy atom. The van der Waals surface area contributed by atoms with Gasteiger partial charge in [0.2, 0.25) is 0 Å². The molecule has 198 valence electrons. The van der Waals surface area contributed by atoms with Crippen molar-refractivity contribution >= 4 is 34.7 Å². The minimum atomic E-state index is -4.69. The van der Waals surface area contributed by atoms with Crippen LogP contribution in [0.3, 0.4) is 0 Å². The maximum atomic E-state index is 13.5. The number of carbonyl (C=O) groups is 2. The van der Waals surface area contributed by atoms with E-state index in [2.05, 4.69) is 0 Å². The van der Waals surface area contributed by atoms with Crippen molar-refractivity contribution in [2.24, 2.45) is 0 Å². The maximum absolute atomic E-state index is 13.5. The Bertz CT molecular complexity index is 1450. The zero-order chi connectivity index (χ0) is 27.8. The highest BCUT2D eigenvalue weighted by atomic mass is 35.5. The lowest BCUT2D eigenvalue weighted by molar-refractivity contribution is -0.137. The Labute approximate surface area is 220 Å². The van der Waals surface area contributed by atoms with Crippen LogP contribution in [0.25, 0.3) is 5.76 Å². The van der Waals surface area contributed by atoms with Gasteiger partial charge >= 0.3 is 6.18 Å². The Kier molecular flexibility index (Phi) is 7.28. The van der Waals surface area contributed by atoms with E-state index in [9.17, 15) is 27.9 Å². The highest BCUT2D eigenvalue weighted by Crippen LogP contribution is 2.46. The molecule has 1 aliphatic rings. The molecule has 0 saturated carbocycles. The Balaban J connectivity index is 2.02. The van der Waals surface area contributed by atoms with Gasteiger partial charge < -0.3 is 19.3 Å². The molecule has 1 N–H and O–H groups in total. The number of halogens is 4. The van der Waals surface area contributed by atoms with E-state index < -0.39 is 35.2 Å². The summed E-state index contributed by atoms with van der Waals surface area (Å²) in [5.74, 6) is -2.27. The van der Waals surface area contributed by atoms with Gasteiger partial charge in [-0.2, -0.15) is 13.2 Å². The number of rotatable bonds is 6. The molecule has 0 spiro atoms. The molecule has 0 bridgehead atoms. The fourth-order valence-corrected chi connectivity index (χ4v) is 4.48. The minimum Gasteiger partial charge on any atom is -0.507 e. The highest BCUT2D eigenvalue weighted by Gasteiger charge is 2.48. The van der Waals surface area contributed by atoms with Crippen LogP contribution in [-0.2, 0) is 15.8 Å². The number of hydrogen-bond acceptors (Lipinski definition) is 6. The molecule has 1 amide bonds. The zero-order valence-corrected chi connectivity index (χ0v) is 21.1. The number of ether oxygens (including phenoxy) is 3. The quantitative estimate of drug-likeness (QED) is 0.231. The lowest BCUT2D eigenvalue weighted by atomic mass is 9.94. The van der Waals surface area contributed by atoms with Crippen molar-refractivity contribution in [3.05, 3.63) is 87.9 Å². The summed E-state index contributed by atoms with van der Waals surface area (Å²) in [5, 5.41) is 11.6. The first-order valence-corrected chi connectivity index (χ1v) is 11.4. The normalized spacial score (nSPS) is 17.0. The van der Waals surface area contributed by atoms with Crippen LogP contribution >= 0.6 is 11.6 Å². The Morgan fingerprint density at radius 3 is 2.24 bits per heavy atom. The first kappa shape index (κ1) is 26.9. The molecule has 1 saturated heterocycles. The van der Waals surface area contributed by atoms with Gasteiger partial charge in [0.25, 0.3) is 11.7 Å². The van der Waals surface area contributed by atoms with E-state index in [0.717, 1.165) is 23.1 Å². The molecule has 1 aliphatic heterocycles. The number of benzene rings is 3. The van der Waals surface area contributed by atoms with Gasteiger partial charge in [-0.15, -0.1) is 0 Å². The second-order valence-electron chi connectivity index (χ2n) is 8.18. The van der Waals surface area contributed by atoms with E-state index >= 15 is 0 Å². The van der Waals surface area contributed by atoms with Crippen molar-refractivity contribution in [1.82, 2.24) is 0 Å². The number of nitrogens with zero attached hydrogens (tertiary/aromatic N) is 1. The number of methoxy groups -OCH3 is 3. The van der Waals surface area contributed by atoms with Crippen LogP contribution in [0.2, 0.25) is 5.02 Å². The molecule has 38 heavy (non-hydrogen) atoms. The smallest absolute Gasteiger partial charge is 0.416 e. The van der Waals surface area contributed by atoms with Crippen LogP contribution in [-0.4, -0.2) is 38.1 Å². The van der Waals surface area contributed by atoms with Crippen LogP contribution in [0, 0.1) is 0 Å². The average molecular weight is 548 g/mol. The molecule has 1 unspecified atom stereocenters. The minimum absolute atomic E-state index is 0.0105. The van der Waals surface area contributed by atoms with Crippen molar-refractivity contribution in [2.45, 2.75) is 12.2 Å². The predicted octanol–water partition coefficient (Wildman–Crippen LogP) is 6.01. The van der Waals surface area contributed by atoms with E-state index in [-0.39, 0.29) is 33.3 Å². The van der Waals surface area contributed by atoms with Crippen molar-refractivity contribution < 1.29 is 42.1 Å². The SMILES string of the molecule is COc1cccc(C2/C(=C(\O)c3cc(OC)c(Cl)cc3OC)C(=O)C(=O)N2c2cccc(C(F)(F)F)c2)c1. The largest absolute Gasteiger partial charge is 0.507 e. The fourth-order valence-electron chi connectivity index (χ4n) is 4.25. The number of anilines is 1. The standard InChI is InChI=1S/C27H21ClF3NO6/c1-36-17-9-4-6-14(10-17)23-22(24(33)18-12-21(38-3)19(28)13-20(18)37-2)25(34)26(35)32(23)16-8-5-7-15(11-16)27(29,30)31/h4-13,23,33H,1-3H3/b24-22+. The lowest BCUT2D eigenvalue weighted by Gasteiger charge is -2.26. The van der Waals surface area contributed by atoms with Gasteiger partial charge in [0.1, 0.15) is 23.0 Å². The van der Waals surface area contributed by atoms with Gasteiger partial charge in [-0.3, -0.25) is 14.5 Å². The van der Waals surface area contributed by atoms with Crippen molar-refractivity contribution in [2.75, 3.05) is 26.2 Å².